The zero-order valence-electron chi connectivity index (χ0n) is 10.5. The molecule has 0 saturated carbocycles. The lowest BCUT2D eigenvalue weighted by molar-refractivity contribution is -0.137. The van der Waals surface area contributed by atoms with E-state index in [0.29, 0.717) is 12.1 Å². The minimum absolute atomic E-state index is 0.0387. The lowest BCUT2D eigenvalue weighted by Gasteiger charge is -2.11. The molecule has 0 aliphatic carbocycles. The maximum Gasteiger partial charge on any atom is 0.416 e. The SMILES string of the molecule is Nc1cc(C(F)(F)F)ccc1S(=O)(=O)Cc1ncccn1. The van der Waals surface area contributed by atoms with Crippen molar-refractivity contribution in [3.8, 4) is 0 Å². The Bertz CT molecular complexity index is 746. The van der Waals surface area contributed by atoms with Gasteiger partial charge in [0.15, 0.2) is 9.84 Å². The Morgan fingerprint density at radius 2 is 1.76 bits per heavy atom. The van der Waals surface area contributed by atoms with E-state index in [-0.39, 0.29) is 10.7 Å². The summed E-state index contributed by atoms with van der Waals surface area (Å²) in [4.78, 5) is 7.16. The van der Waals surface area contributed by atoms with Gasteiger partial charge in [-0.2, -0.15) is 13.2 Å². The molecule has 0 saturated heterocycles. The van der Waals surface area contributed by atoms with Crippen LogP contribution in [0, 0.1) is 0 Å². The van der Waals surface area contributed by atoms with E-state index in [1.54, 1.807) is 0 Å². The molecule has 0 fully saturated rings. The molecule has 0 atom stereocenters. The van der Waals surface area contributed by atoms with Gasteiger partial charge in [-0.05, 0) is 24.3 Å². The molecule has 1 aromatic heterocycles. The van der Waals surface area contributed by atoms with Gasteiger partial charge < -0.3 is 5.73 Å². The van der Waals surface area contributed by atoms with Crippen molar-refractivity contribution >= 4 is 15.5 Å². The number of anilines is 1. The first-order chi connectivity index (χ1) is 9.70. The number of nitrogens with two attached hydrogens (primary N) is 1. The summed E-state index contributed by atoms with van der Waals surface area (Å²) in [6.07, 6.45) is -1.85. The summed E-state index contributed by atoms with van der Waals surface area (Å²) < 4.78 is 61.8. The normalized spacial score (nSPS) is 12.3. The fourth-order valence-corrected chi connectivity index (χ4v) is 3.00. The van der Waals surface area contributed by atoms with E-state index >= 15 is 0 Å². The van der Waals surface area contributed by atoms with Crippen LogP contribution in [0.2, 0.25) is 0 Å². The van der Waals surface area contributed by atoms with Crippen LogP contribution < -0.4 is 5.73 Å². The second-order valence-corrected chi connectivity index (χ2v) is 6.13. The van der Waals surface area contributed by atoms with Crippen molar-refractivity contribution in [1.82, 2.24) is 9.97 Å². The molecule has 1 aromatic carbocycles. The van der Waals surface area contributed by atoms with Crippen LogP contribution in [0.15, 0.2) is 41.6 Å². The van der Waals surface area contributed by atoms with Crippen molar-refractivity contribution in [1.29, 1.82) is 0 Å². The van der Waals surface area contributed by atoms with Gasteiger partial charge in [-0.15, -0.1) is 0 Å². The molecular formula is C12H10F3N3O2S. The lowest BCUT2D eigenvalue weighted by atomic mass is 10.2. The number of nitrogen functional groups attached to an aromatic ring is 1. The highest BCUT2D eigenvalue weighted by molar-refractivity contribution is 7.90. The van der Waals surface area contributed by atoms with Gasteiger partial charge >= 0.3 is 6.18 Å². The molecule has 2 aromatic rings. The van der Waals surface area contributed by atoms with Gasteiger partial charge in [-0.3, -0.25) is 0 Å². The van der Waals surface area contributed by atoms with Crippen LogP contribution >= 0.6 is 0 Å². The van der Waals surface area contributed by atoms with Gasteiger partial charge in [0, 0.05) is 12.4 Å². The van der Waals surface area contributed by atoms with E-state index in [2.05, 4.69) is 9.97 Å². The van der Waals surface area contributed by atoms with Crippen LogP contribution in [0.3, 0.4) is 0 Å². The Morgan fingerprint density at radius 1 is 1.14 bits per heavy atom. The van der Waals surface area contributed by atoms with E-state index in [4.69, 9.17) is 5.73 Å². The predicted octanol–water partition coefficient (Wildman–Crippen LogP) is 2.05. The molecule has 0 unspecified atom stereocenters. The van der Waals surface area contributed by atoms with Crippen molar-refractivity contribution in [3.63, 3.8) is 0 Å². The standard InChI is InChI=1S/C12H10F3N3O2S/c13-12(14,15)8-2-3-10(9(16)6-8)21(19,20)7-11-17-4-1-5-18-11/h1-6H,7,16H2. The van der Waals surface area contributed by atoms with E-state index < -0.39 is 33.0 Å². The summed E-state index contributed by atoms with van der Waals surface area (Å²) >= 11 is 0. The molecule has 0 aliphatic heterocycles. The number of hydrogen-bond acceptors (Lipinski definition) is 5. The molecule has 5 nitrogen and oxygen atoms in total. The van der Waals surface area contributed by atoms with Gasteiger partial charge in [-0.1, -0.05) is 0 Å². The first kappa shape index (κ1) is 15.2. The lowest BCUT2D eigenvalue weighted by Crippen LogP contribution is -2.12. The summed E-state index contributed by atoms with van der Waals surface area (Å²) in [6.45, 7) is 0. The molecule has 21 heavy (non-hydrogen) atoms. The van der Waals surface area contributed by atoms with E-state index in [0.717, 1.165) is 6.07 Å². The molecular weight excluding hydrogens is 307 g/mol. The van der Waals surface area contributed by atoms with Gasteiger partial charge in [0.1, 0.15) is 11.6 Å². The topological polar surface area (TPSA) is 85.9 Å². The van der Waals surface area contributed by atoms with Crippen LogP contribution in [-0.4, -0.2) is 18.4 Å². The zero-order valence-corrected chi connectivity index (χ0v) is 11.3. The van der Waals surface area contributed by atoms with Crippen LogP contribution in [0.5, 0.6) is 0 Å². The van der Waals surface area contributed by atoms with Crippen molar-refractivity contribution in [2.45, 2.75) is 16.8 Å². The number of sulfone groups is 1. The third-order valence-corrected chi connectivity index (χ3v) is 4.29. The fourth-order valence-electron chi connectivity index (χ4n) is 1.66. The maximum atomic E-state index is 12.5. The highest BCUT2D eigenvalue weighted by Crippen LogP contribution is 2.33. The smallest absolute Gasteiger partial charge is 0.398 e. The molecule has 1 heterocycles. The summed E-state index contributed by atoms with van der Waals surface area (Å²) in [5.41, 5.74) is 3.98. The molecule has 0 amide bonds. The zero-order chi connectivity index (χ0) is 15.7. The Balaban J connectivity index is 2.37. The Hall–Kier alpha value is -2.16. The van der Waals surface area contributed by atoms with Crippen LogP contribution in [0.25, 0.3) is 0 Å². The molecule has 112 valence electrons. The summed E-state index contributed by atoms with van der Waals surface area (Å²) in [7, 11) is -3.92. The average molecular weight is 317 g/mol. The highest BCUT2D eigenvalue weighted by atomic mass is 32.2. The summed E-state index contributed by atoms with van der Waals surface area (Å²) in [5, 5.41) is 0. The van der Waals surface area contributed by atoms with Gasteiger partial charge in [0.25, 0.3) is 0 Å². The molecule has 0 radical (unpaired) electrons. The van der Waals surface area contributed by atoms with Crippen molar-refractivity contribution in [2.75, 3.05) is 5.73 Å². The number of alkyl halides is 3. The van der Waals surface area contributed by atoms with Crippen LogP contribution in [-0.2, 0) is 21.8 Å². The second-order valence-electron chi connectivity index (χ2n) is 4.17. The molecule has 0 spiro atoms. The fraction of sp³-hybridized carbons (Fsp3) is 0.167. The number of nitrogens with zero attached hydrogens (tertiary/aromatic N) is 2. The second kappa shape index (κ2) is 5.32. The number of aromatic nitrogens is 2. The van der Waals surface area contributed by atoms with Crippen molar-refractivity contribution in [2.24, 2.45) is 0 Å². The van der Waals surface area contributed by atoms with Crippen molar-refractivity contribution in [3.05, 3.63) is 48.0 Å². The summed E-state index contributed by atoms with van der Waals surface area (Å²) in [5.74, 6) is -0.500. The number of rotatable bonds is 3. The summed E-state index contributed by atoms with van der Waals surface area (Å²) in [6, 6.07) is 3.63. The first-order valence-corrected chi connectivity index (χ1v) is 7.31. The van der Waals surface area contributed by atoms with Crippen LogP contribution in [0.1, 0.15) is 11.4 Å². The molecule has 2 N–H and O–H groups in total. The van der Waals surface area contributed by atoms with Crippen molar-refractivity contribution < 1.29 is 21.6 Å². The third-order valence-electron chi connectivity index (χ3n) is 2.61. The monoisotopic (exact) mass is 317 g/mol. The maximum absolute atomic E-state index is 12.5. The van der Waals surface area contributed by atoms with Gasteiger partial charge in [0.05, 0.1) is 16.1 Å². The number of hydrogen-bond donors (Lipinski definition) is 1. The Morgan fingerprint density at radius 3 is 2.29 bits per heavy atom. The first-order valence-electron chi connectivity index (χ1n) is 5.65. The molecule has 0 bridgehead atoms. The minimum Gasteiger partial charge on any atom is -0.398 e. The largest absolute Gasteiger partial charge is 0.416 e. The Labute approximate surface area is 118 Å². The highest BCUT2D eigenvalue weighted by Gasteiger charge is 2.32. The van der Waals surface area contributed by atoms with E-state index in [1.165, 1.54) is 18.5 Å². The molecule has 2 rings (SSSR count). The van der Waals surface area contributed by atoms with Gasteiger partial charge in [-0.25, -0.2) is 18.4 Å². The van der Waals surface area contributed by atoms with E-state index in [9.17, 15) is 21.6 Å². The quantitative estimate of drug-likeness (QED) is 0.876. The molecule has 9 heteroatoms. The average Bonchev–Trinajstić information content (AvgIpc) is 2.37. The molecule has 0 aliphatic rings. The number of benzene rings is 1. The van der Waals surface area contributed by atoms with Gasteiger partial charge in [0.2, 0.25) is 0 Å². The van der Waals surface area contributed by atoms with Crippen LogP contribution in [0.4, 0.5) is 18.9 Å². The third kappa shape index (κ3) is 3.48. The number of halogens is 3. The minimum atomic E-state index is -4.58. The predicted molar refractivity (Wildman–Crippen MR) is 68.8 cm³/mol. The van der Waals surface area contributed by atoms with E-state index in [1.807, 2.05) is 0 Å². The Kier molecular flexibility index (Phi) is 3.86.